The van der Waals surface area contributed by atoms with Gasteiger partial charge in [0, 0.05) is 12.6 Å². The highest BCUT2D eigenvalue weighted by molar-refractivity contribution is 5.06. The van der Waals surface area contributed by atoms with Gasteiger partial charge in [0.05, 0.1) is 6.54 Å². The van der Waals surface area contributed by atoms with Gasteiger partial charge in [0.25, 0.3) is 0 Å². The molecule has 2 rings (SSSR count). The lowest BCUT2D eigenvalue weighted by Crippen LogP contribution is -2.26. The van der Waals surface area contributed by atoms with Crippen molar-refractivity contribution in [1.29, 1.82) is 0 Å². The molecule has 0 aliphatic carbocycles. The molecule has 1 aromatic rings. The van der Waals surface area contributed by atoms with Crippen molar-refractivity contribution < 1.29 is 9.15 Å². The standard InChI is InChI=1S/C17H30N2O2/c1-14(2)11-18-12-16-6-7-17(21-16)13-20-10-8-15-5-4-9-19(15)3/h6-7,14-15,18H,4-5,8-13H2,1-3H3. The van der Waals surface area contributed by atoms with E-state index in [0.717, 1.165) is 37.6 Å². The van der Waals surface area contributed by atoms with Gasteiger partial charge in [-0.1, -0.05) is 13.8 Å². The number of nitrogens with one attached hydrogen (secondary N) is 1. The molecule has 1 unspecified atom stereocenters. The molecule has 0 amide bonds. The van der Waals surface area contributed by atoms with Crippen molar-refractivity contribution in [2.24, 2.45) is 5.92 Å². The van der Waals surface area contributed by atoms with Gasteiger partial charge in [0.2, 0.25) is 0 Å². The zero-order valence-electron chi connectivity index (χ0n) is 13.7. The average molecular weight is 294 g/mol. The molecule has 1 fully saturated rings. The summed E-state index contributed by atoms with van der Waals surface area (Å²) in [5.41, 5.74) is 0. The molecule has 21 heavy (non-hydrogen) atoms. The fourth-order valence-corrected chi connectivity index (χ4v) is 2.82. The number of nitrogens with zero attached hydrogens (tertiary/aromatic N) is 1. The van der Waals surface area contributed by atoms with E-state index in [1.165, 1.54) is 19.4 Å². The highest BCUT2D eigenvalue weighted by Gasteiger charge is 2.20. The van der Waals surface area contributed by atoms with E-state index in [-0.39, 0.29) is 0 Å². The number of likely N-dealkylation sites (tertiary alicyclic amines) is 1. The first-order chi connectivity index (χ1) is 10.1. The van der Waals surface area contributed by atoms with Gasteiger partial charge in [0.1, 0.15) is 18.1 Å². The zero-order chi connectivity index (χ0) is 15.1. The van der Waals surface area contributed by atoms with Crippen molar-refractivity contribution >= 4 is 0 Å². The van der Waals surface area contributed by atoms with Gasteiger partial charge in [-0.2, -0.15) is 0 Å². The Hall–Kier alpha value is -0.840. The van der Waals surface area contributed by atoms with Gasteiger partial charge in [0.15, 0.2) is 0 Å². The summed E-state index contributed by atoms with van der Waals surface area (Å²) in [6.07, 6.45) is 3.76. The number of rotatable bonds is 9. The van der Waals surface area contributed by atoms with Crippen LogP contribution in [0, 0.1) is 5.92 Å². The molecular weight excluding hydrogens is 264 g/mol. The van der Waals surface area contributed by atoms with Crippen LogP contribution in [-0.4, -0.2) is 37.7 Å². The van der Waals surface area contributed by atoms with Crippen molar-refractivity contribution in [2.75, 3.05) is 26.7 Å². The molecule has 0 aromatic carbocycles. The molecule has 1 aromatic heterocycles. The Bertz CT molecular complexity index is 403. The monoisotopic (exact) mass is 294 g/mol. The molecule has 4 nitrogen and oxygen atoms in total. The van der Waals surface area contributed by atoms with Crippen molar-refractivity contribution in [3.05, 3.63) is 23.7 Å². The van der Waals surface area contributed by atoms with Crippen molar-refractivity contribution in [3.63, 3.8) is 0 Å². The van der Waals surface area contributed by atoms with Crippen LogP contribution in [0.2, 0.25) is 0 Å². The van der Waals surface area contributed by atoms with Crippen LogP contribution in [0.25, 0.3) is 0 Å². The molecule has 120 valence electrons. The van der Waals surface area contributed by atoms with Gasteiger partial charge in [-0.25, -0.2) is 0 Å². The fourth-order valence-electron chi connectivity index (χ4n) is 2.82. The lowest BCUT2D eigenvalue weighted by atomic mass is 10.1. The summed E-state index contributed by atoms with van der Waals surface area (Å²) in [6.45, 7) is 8.85. The van der Waals surface area contributed by atoms with Gasteiger partial charge >= 0.3 is 0 Å². The molecule has 2 heterocycles. The largest absolute Gasteiger partial charge is 0.462 e. The third-order valence-electron chi connectivity index (χ3n) is 4.08. The number of hydrogen-bond acceptors (Lipinski definition) is 4. The SMILES string of the molecule is CC(C)CNCc1ccc(COCCC2CCCN2C)o1. The molecule has 0 saturated carbocycles. The molecule has 1 aliphatic rings. The van der Waals surface area contributed by atoms with E-state index in [4.69, 9.17) is 9.15 Å². The molecule has 1 aliphatic heterocycles. The van der Waals surface area contributed by atoms with Gasteiger partial charge < -0.3 is 19.4 Å². The van der Waals surface area contributed by atoms with Crippen molar-refractivity contribution in [2.45, 2.75) is 52.3 Å². The number of ether oxygens (including phenoxy) is 1. The first-order valence-corrected chi connectivity index (χ1v) is 8.21. The normalized spacial score (nSPS) is 19.7. The van der Waals surface area contributed by atoms with Gasteiger partial charge in [-0.15, -0.1) is 0 Å². The summed E-state index contributed by atoms with van der Waals surface area (Å²) >= 11 is 0. The minimum atomic E-state index is 0.584. The van der Waals surface area contributed by atoms with Crippen molar-refractivity contribution in [3.8, 4) is 0 Å². The van der Waals surface area contributed by atoms with Crippen LogP contribution < -0.4 is 5.32 Å². The van der Waals surface area contributed by atoms with Crippen LogP contribution in [0.3, 0.4) is 0 Å². The topological polar surface area (TPSA) is 37.6 Å². The molecular formula is C17H30N2O2. The molecule has 1 saturated heterocycles. The summed E-state index contributed by atoms with van der Waals surface area (Å²) in [7, 11) is 2.21. The Balaban J connectivity index is 1.59. The highest BCUT2D eigenvalue weighted by atomic mass is 16.5. The van der Waals surface area contributed by atoms with E-state index in [1.807, 2.05) is 12.1 Å². The van der Waals surface area contributed by atoms with E-state index in [2.05, 4.69) is 31.1 Å². The molecule has 1 atom stereocenters. The van der Waals surface area contributed by atoms with Gasteiger partial charge in [-0.3, -0.25) is 0 Å². The summed E-state index contributed by atoms with van der Waals surface area (Å²) in [4.78, 5) is 2.44. The Morgan fingerprint density at radius 3 is 2.90 bits per heavy atom. The third kappa shape index (κ3) is 5.81. The molecule has 0 spiro atoms. The van der Waals surface area contributed by atoms with Crippen LogP contribution in [0.1, 0.15) is 44.6 Å². The lowest BCUT2D eigenvalue weighted by Gasteiger charge is -2.18. The summed E-state index contributed by atoms with van der Waals surface area (Å²) in [5, 5.41) is 3.38. The Labute approximate surface area is 128 Å². The minimum Gasteiger partial charge on any atom is -0.462 e. The van der Waals surface area contributed by atoms with Gasteiger partial charge in [-0.05, 0) is 57.5 Å². The summed E-state index contributed by atoms with van der Waals surface area (Å²) in [6, 6.07) is 4.77. The van der Waals surface area contributed by atoms with Crippen LogP contribution in [-0.2, 0) is 17.9 Å². The van der Waals surface area contributed by atoms with E-state index in [1.54, 1.807) is 0 Å². The second-order valence-electron chi connectivity index (χ2n) is 6.51. The first-order valence-electron chi connectivity index (χ1n) is 8.21. The zero-order valence-corrected chi connectivity index (χ0v) is 13.7. The molecule has 4 heteroatoms. The van der Waals surface area contributed by atoms with Crippen molar-refractivity contribution in [1.82, 2.24) is 10.2 Å². The predicted molar refractivity (Wildman–Crippen MR) is 85.2 cm³/mol. The number of furan rings is 1. The van der Waals surface area contributed by atoms with E-state index >= 15 is 0 Å². The minimum absolute atomic E-state index is 0.584. The lowest BCUT2D eigenvalue weighted by molar-refractivity contribution is 0.0886. The molecule has 0 bridgehead atoms. The maximum absolute atomic E-state index is 5.76. The summed E-state index contributed by atoms with van der Waals surface area (Å²) in [5.74, 6) is 2.58. The van der Waals surface area contributed by atoms with Crippen LogP contribution >= 0.6 is 0 Å². The fraction of sp³-hybridized carbons (Fsp3) is 0.765. The molecule has 0 radical (unpaired) electrons. The Morgan fingerprint density at radius 2 is 2.19 bits per heavy atom. The van der Waals surface area contributed by atoms with Crippen LogP contribution in [0.5, 0.6) is 0 Å². The Morgan fingerprint density at radius 1 is 1.38 bits per heavy atom. The van der Waals surface area contributed by atoms with E-state index in [9.17, 15) is 0 Å². The van der Waals surface area contributed by atoms with E-state index in [0.29, 0.717) is 18.6 Å². The third-order valence-corrected chi connectivity index (χ3v) is 4.08. The van der Waals surface area contributed by atoms with E-state index < -0.39 is 0 Å². The maximum atomic E-state index is 5.76. The first kappa shape index (κ1) is 16.5. The Kier molecular flexibility index (Phi) is 6.74. The smallest absolute Gasteiger partial charge is 0.129 e. The number of hydrogen-bond donors (Lipinski definition) is 1. The predicted octanol–water partition coefficient (Wildman–Crippen LogP) is 3.03. The van der Waals surface area contributed by atoms with Crippen LogP contribution in [0.4, 0.5) is 0 Å². The second kappa shape index (κ2) is 8.57. The molecule has 1 N–H and O–H groups in total. The second-order valence-corrected chi connectivity index (χ2v) is 6.51. The quantitative estimate of drug-likeness (QED) is 0.710. The maximum Gasteiger partial charge on any atom is 0.129 e. The van der Waals surface area contributed by atoms with Crippen LogP contribution in [0.15, 0.2) is 16.5 Å². The highest BCUT2D eigenvalue weighted by Crippen LogP contribution is 2.18. The summed E-state index contributed by atoms with van der Waals surface area (Å²) < 4.78 is 11.5. The average Bonchev–Trinajstić information content (AvgIpc) is 3.04.